The molecular formula is C32H33FN4O2. The molecule has 1 aliphatic rings. The van der Waals surface area contributed by atoms with Gasteiger partial charge in [-0.05, 0) is 85.4 Å². The number of allylic oxidation sites excluding steroid dienone is 2. The maximum atomic E-state index is 13.4. The lowest BCUT2D eigenvalue weighted by atomic mass is 9.77. The van der Waals surface area contributed by atoms with Crippen LogP contribution in [0.15, 0.2) is 67.0 Å². The summed E-state index contributed by atoms with van der Waals surface area (Å²) in [5.41, 5.74) is 5.80. The second-order valence-corrected chi connectivity index (χ2v) is 10.3. The third-order valence-electron chi connectivity index (χ3n) is 7.59. The molecule has 1 aliphatic carbocycles. The summed E-state index contributed by atoms with van der Waals surface area (Å²) in [4.78, 5) is 16.2. The first kappa shape index (κ1) is 26.7. The quantitative estimate of drug-likeness (QED) is 0.235. The Labute approximate surface area is 227 Å². The van der Waals surface area contributed by atoms with Gasteiger partial charge in [0.25, 0.3) is 0 Å². The van der Waals surface area contributed by atoms with E-state index in [-0.39, 0.29) is 0 Å². The van der Waals surface area contributed by atoms with E-state index in [1.807, 2.05) is 37.4 Å². The molecule has 4 aromatic rings. The van der Waals surface area contributed by atoms with Crippen molar-refractivity contribution in [3.05, 3.63) is 94.8 Å². The van der Waals surface area contributed by atoms with Gasteiger partial charge in [0.05, 0.1) is 16.4 Å². The topological polar surface area (TPSA) is 94.9 Å². The van der Waals surface area contributed by atoms with Crippen molar-refractivity contribution >= 4 is 18.2 Å². The summed E-state index contributed by atoms with van der Waals surface area (Å²) in [7, 11) is 0. The fourth-order valence-corrected chi connectivity index (χ4v) is 5.31. The molecule has 0 aliphatic heterocycles. The van der Waals surface area contributed by atoms with E-state index in [1.165, 1.54) is 17.8 Å². The lowest BCUT2D eigenvalue weighted by Crippen LogP contribution is -2.21. The van der Waals surface area contributed by atoms with Gasteiger partial charge in [0, 0.05) is 36.0 Å². The molecule has 0 unspecified atom stereocenters. The van der Waals surface area contributed by atoms with Gasteiger partial charge in [-0.25, -0.2) is 9.97 Å². The van der Waals surface area contributed by atoms with Crippen LogP contribution in [0, 0.1) is 11.9 Å². The van der Waals surface area contributed by atoms with Crippen LogP contribution in [0.5, 0.6) is 0 Å². The molecule has 0 atom stereocenters. The Morgan fingerprint density at radius 1 is 1.05 bits per heavy atom. The zero-order valence-electron chi connectivity index (χ0n) is 22.0. The Morgan fingerprint density at radius 3 is 2.46 bits per heavy atom. The number of aliphatic hydroxyl groups excluding tert-OH is 1. The highest BCUT2D eigenvalue weighted by atomic mass is 19.1. The summed E-state index contributed by atoms with van der Waals surface area (Å²) in [5.74, 6) is 1.11. The summed E-state index contributed by atoms with van der Waals surface area (Å²) < 4.78 is 13.4. The smallest absolute Gasteiger partial charge is 0.213 e. The van der Waals surface area contributed by atoms with Crippen molar-refractivity contribution in [1.82, 2.24) is 19.9 Å². The van der Waals surface area contributed by atoms with E-state index in [9.17, 15) is 14.6 Å². The van der Waals surface area contributed by atoms with Crippen molar-refractivity contribution in [3.63, 3.8) is 0 Å². The Hall–Kier alpha value is -3.94. The van der Waals surface area contributed by atoms with Crippen LogP contribution < -0.4 is 10.7 Å². The van der Waals surface area contributed by atoms with Crippen LogP contribution in [-0.2, 0) is 0 Å². The van der Waals surface area contributed by atoms with E-state index in [4.69, 9.17) is 0 Å². The van der Waals surface area contributed by atoms with Crippen LogP contribution >= 0.6 is 0 Å². The molecule has 200 valence electrons. The Morgan fingerprint density at radius 2 is 1.79 bits per heavy atom. The van der Waals surface area contributed by atoms with E-state index in [1.54, 1.807) is 6.07 Å². The number of imidazole rings is 1. The fourth-order valence-electron chi connectivity index (χ4n) is 5.31. The average Bonchev–Trinajstić information content (AvgIpc) is 3.32. The highest BCUT2D eigenvalue weighted by molar-refractivity contribution is 5.69. The molecule has 0 amide bonds. The lowest BCUT2D eigenvalue weighted by molar-refractivity contribution is -0.0592. The van der Waals surface area contributed by atoms with Crippen molar-refractivity contribution in [2.24, 2.45) is 5.92 Å². The number of pyridine rings is 2. The molecule has 1 saturated carbocycles. The van der Waals surface area contributed by atoms with Crippen LogP contribution in [0.3, 0.4) is 0 Å². The first-order valence-electron chi connectivity index (χ1n) is 13.3. The predicted molar refractivity (Wildman–Crippen MR) is 152 cm³/mol. The number of aromatic nitrogens is 4. The second-order valence-electron chi connectivity index (χ2n) is 10.3. The van der Waals surface area contributed by atoms with Gasteiger partial charge in [-0.15, -0.1) is 0 Å². The highest BCUT2D eigenvalue weighted by Crippen LogP contribution is 2.37. The monoisotopic (exact) mass is 524 g/mol. The van der Waals surface area contributed by atoms with Crippen LogP contribution in [0.2, 0.25) is 0 Å². The molecule has 6 nitrogen and oxygen atoms in total. The summed E-state index contributed by atoms with van der Waals surface area (Å²) in [6.07, 6.45) is 10.5. The minimum absolute atomic E-state index is 0.407. The summed E-state index contributed by atoms with van der Waals surface area (Å²) in [5, 5.41) is 19.9. The molecule has 5 rings (SSSR count). The SMILES string of the molecule is C=c1[nH]c(-c2ccc(-c3ccc(C4CCC(CC(O)O)CC4)cc3)nc2)n/c1=C/C=C(\C)c1ccnc(F)c1. The number of nitrogens with zero attached hydrogens (tertiary/aromatic N) is 3. The molecule has 39 heavy (non-hydrogen) atoms. The van der Waals surface area contributed by atoms with Gasteiger partial charge in [0.15, 0.2) is 6.29 Å². The number of nitrogens with one attached hydrogen (secondary N) is 1. The van der Waals surface area contributed by atoms with E-state index in [2.05, 4.69) is 50.8 Å². The van der Waals surface area contributed by atoms with Crippen molar-refractivity contribution in [2.75, 3.05) is 0 Å². The van der Waals surface area contributed by atoms with Crippen molar-refractivity contribution in [3.8, 4) is 22.6 Å². The van der Waals surface area contributed by atoms with Gasteiger partial charge < -0.3 is 15.2 Å². The van der Waals surface area contributed by atoms with Crippen LogP contribution in [-0.4, -0.2) is 36.4 Å². The van der Waals surface area contributed by atoms with Gasteiger partial charge in [-0.3, -0.25) is 4.98 Å². The first-order chi connectivity index (χ1) is 18.9. The summed E-state index contributed by atoms with van der Waals surface area (Å²) >= 11 is 0. The zero-order chi connectivity index (χ0) is 27.4. The molecule has 0 radical (unpaired) electrons. The maximum absolute atomic E-state index is 13.4. The van der Waals surface area contributed by atoms with Crippen molar-refractivity contribution in [1.29, 1.82) is 0 Å². The average molecular weight is 525 g/mol. The largest absolute Gasteiger partial charge is 0.368 e. The van der Waals surface area contributed by atoms with Gasteiger partial charge >= 0.3 is 0 Å². The number of H-pyrrole nitrogens is 1. The fraction of sp³-hybridized carbons (Fsp3) is 0.281. The number of hydrogen-bond acceptors (Lipinski definition) is 5. The molecule has 7 heteroatoms. The summed E-state index contributed by atoms with van der Waals surface area (Å²) in [6.45, 7) is 5.98. The Bertz CT molecular complexity index is 1550. The predicted octanol–water partition coefficient (Wildman–Crippen LogP) is 4.94. The molecule has 1 aromatic carbocycles. The van der Waals surface area contributed by atoms with E-state index < -0.39 is 12.2 Å². The number of hydrogen-bond donors (Lipinski definition) is 3. The van der Waals surface area contributed by atoms with Crippen LogP contribution in [0.4, 0.5) is 4.39 Å². The van der Waals surface area contributed by atoms with Gasteiger partial charge in [-0.1, -0.05) is 36.9 Å². The molecule has 1 fully saturated rings. The molecule has 3 aromatic heterocycles. The van der Waals surface area contributed by atoms with Crippen LogP contribution in [0.1, 0.15) is 56.1 Å². The van der Waals surface area contributed by atoms with Crippen LogP contribution in [0.25, 0.3) is 40.9 Å². The molecule has 0 bridgehead atoms. The van der Waals surface area contributed by atoms with Gasteiger partial charge in [0.1, 0.15) is 5.82 Å². The number of benzene rings is 1. The minimum atomic E-state index is -1.20. The third kappa shape index (κ3) is 6.56. The van der Waals surface area contributed by atoms with E-state index in [0.717, 1.165) is 53.6 Å². The number of rotatable bonds is 7. The molecular weight excluding hydrogens is 491 g/mol. The third-order valence-corrected chi connectivity index (χ3v) is 7.59. The molecule has 0 spiro atoms. The zero-order valence-corrected chi connectivity index (χ0v) is 22.0. The minimum Gasteiger partial charge on any atom is -0.368 e. The number of aromatic amines is 1. The first-order valence-corrected chi connectivity index (χ1v) is 13.3. The normalized spacial score (nSPS) is 18.6. The van der Waals surface area contributed by atoms with Gasteiger partial charge in [-0.2, -0.15) is 4.39 Å². The van der Waals surface area contributed by atoms with Crippen molar-refractivity contribution in [2.45, 2.75) is 51.2 Å². The Kier molecular flexibility index (Phi) is 8.10. The highest BCUT2D eigenvalue weighted by Gasteiger charge is 2.23. The maximum Gasteiger partial charge on any atom is 0.213 e. The standard InChI is InChI=1S/C32H33FN4O2/c1-20(26-15-16-34-30(33)18-26)3-13-28-21(2)36-32(37-28)27-12-14-29(35-19-27)25-10-8-24(9-11-25)23-6-4-22(5-7-23)17-31(38)39/h3,8-16,18-19,22-23,31,38-39H,2,4-7,17H2,1H3,(H,36,37)/b20-3+,28-13+. The Balaban J connectivity index is 1.26. The molecule has 3 N–H and O–H groups in total. The number of aliphatic hydroxyl groups is 2. The van der Waals surface area contributed by atoms with E-state index in [0.29, 0.717) is 34.8 Å². The second kappa shape index (κ2) is 11.8. The van der Waals surface area contributed by atoms with E-state index >= 15 is 0 Å². The molecule has 3 heterocycles. The van der Waals surface area contributed by atoms with Gasteiger partial charge in [0.2, 0.25) is 5.95 Å². The molecule has 0 saturated heterocycles. The van der Waals surface area contributed by atoms with Crippen molar-refractivity contribution < 1.29 is 14.6 Å². The number of halogens is 1. The lowest BCUT2D eigenvalue weighted by Gasteiger charge is -2.29. The summed E-state index contributed by atoms with van der Waals surface area (Å²) in [6, 6.07) is 15.8.